The Morgan fingerprint density at radius 2 is 2.00 bits per heavy atom. The van der Waals surface area contributed by atoms with E-state index in [0.29, 0.717) is 0 Å². The van der Waals surface area contributed by atoms with Gasteiger partial charge in [0.1, 0.15) is 6.33 Å². The molecule has 116 valence electrons. The van der Waals surface area contributed by atoms with Crippen molar-refractivity contribution in [3.63, 3.8) is 0 Å². The van der Waals surface area contributed by atoms with Gasteiger partial charge >= 0.3 is 5.69 Å². The van der Waals surface area contributed by atoms with E-state index in [1.165, 1.54) is 6.07 Å². The van der Waals surface area contributed by atoms with E-state index in [1.54, 1.807) is 13.8 Å². The molecule has 0 aliphatic carbocycles. The zero-order chi connectivity index (χ0) is 16.3. The van der Waals surface area contributed by atoms with Gasteiger partial charge in [0.15, 0.2) is 11.6 Å². The summed E-state index contributed by atoms with van der Waals surface area (Å²) in [5.74, 6) is -2.49. The maximum Gasteiger partial charge on any atom is 0.373 e. The fraction of sp³-hybridized carbons (Fsp3) is 0.231. The van der Waals surface area contributed by atoms with E-state index in [0.717, 1.165) is 18.5 Å². The van der Waals surface area contributed by atoms with Crippen molar-refractivity contribution in [2.24, 2.45) is 0 Å². The van der Waals surface area contributed by atoms with E-state index in [1.807, 2.05) is 0 Å². The molecule has 0 atom stereocenters. The molecule has 0 aliphatic heterocycles. The minimum atomic E-state index is -1.08. The van der Waals surface area contributed by atoms with Crippen LogP contribution in [0.25, 0.3) is 0 Å². The minimum Gasteiger partial charge on any atom is -0.470 e. The number of hydrogen-bond donors (Lipinski definition) is 1. The van der Waals surface area contributed by atoms with Gasteiger partial charge in [0.05, 0.1) is 11.0 Å². The fourth-order valence-corrected chi connectivity index (χ4v) is 1.64. The number of hydrogen-bond acceptors (Lipinski definition) is 6. The SMILES string of the molecule is CC(C)Oc1ncnc(Nc2ccc(F)c(F)c2)c1[N+](=O)[O-]. The van der Waals surface area contributed by atoms with Gasteiger partial charge in [-0.2, -0.15) is 4.98 Å². The van der Waals surface area contributed by atoms with Crippen LogP contribution in [0.2, 0.25) is 0 Å². The number of halogens is 2. The summed E-state index contributed by atoms with van der Waals surface area (Å²) in [6.07, 6.45) is 0.747. The summed E-state index contributed by atoms with van der Waals surface area (Å²) >= 11 is 0. The van der Waals surface area contributed by atoms with E-state index in [2.05, 4.69) is 15.3 Å². The molecule has 2 rings (SSSR count). The summed E-state index contributed by atoms with van der Waals surface area (Å²) in [5.41, 5.74) is -0.378. The molecule has 0 unspecified atom stereocenters. The molecular formula is C13H12F2N4O3. The van der Waals surface area contributed by atoms with Gasteiger partial charge in [0, 0.05) is 11.8 Å². The number of nitrogens with zero attached hydrogens (tertiary/aromatic N) is 3. The molecule has 1 aromatic heterocycles. The van der Waals surface area contributed by atoms with Gasteiger partial charge < -0.3 is 10.1 Å². The first-order chi connectivity index (χ1) is 10.4. The van der Waals surface area contributed by atoms with Crippen molar-refractivity contribution >= 4 is 17.2 Å². The van der Waals surface area contributed by atoms with E-state index in [9.17, 15) is 18.9 Å². The second-order valence-electron chi connectivity index (χ2n) is 4.55. The van der Waals surface area contributed by atoms with Crippen LogP contribution in [0.4, 0.5) is 26.0 Å². The predicted octanol–water partition coefficient (Wildman–Crippen LogP) is 3.19. The summed E-state index contributed by atoms with van der Waals surface area (Å²) in [7, 11) is 0. The molecule has 0 fully saturated rings. The lowest BCUT2D eigenvalue weighted by atomic mass is 10.3. The topological polar surface area (TPSA) is 90.2 Å². The molecule has 0 saturated carbocycles. The highest BCUT2D eigenvalue weighted by molar-refractivity contribution is 5.68. The number of ether oxygens (including phenoxy) is 1. The normalized spacial score (nSPS) is 10.6. The van der Waals surface area contributed by atoms with Crippen LogP contribution < -0.4 is 10.1 Å². The van der Waals surface area contributed by atoms with Gasteiger partial charge in [0.2, 0.25) is 5.82 Å². The molecule has 0 aliphatic rings. The van der Waals surface area contributed by atoms with Crippen molar-refractivity contribution in [1.82, 2.24) is 9.97 Å². The molecule has 1 N–H and O–H groups in total. The van der Waals surface area contributed by atoms with Crippen molar-refractivity contribution in [2.45, 2.75) is 20.0 Å². The monoisotopic (exact) mass is 310 g/mol. The molecule has 1 aromatic carbocycles. The van der Waals surface area contributed by atoms with Crippen LogP contribution in [0.15, 0.2) is 24.5 Å². The number of nitro groups is 1. The van der Waals surface area contributed by atoms with Gasteiger partial charge in [-0.25, -0.2) is 13.8 Å². The first-order valence-corrected chi connectivity index (χ1v) is 6.26. The lowest BCUT2D eigenvalue weighted by Gasteiger charge is -2.11. The molecule has 7 nitrogen and oxygen atoms in total. The highest BCUT2D eigenvalue weighted by Gasteiger charge is 2.25. The molecule has 0 saturated heterocycles. The summed E-state index contributed by atoms with van der Waals surface area (Å²) < 4.78 is 31.3. The second kappa shape index (κ2) is 6.29. The number of rotatable bonds is 5. The Hall–Kier alpha value is -2.84. The van der Waals surface area contributed by atoms with Crippen LogP contribution in [-0.2, 0) is 0 Å². The maximum absolute atomic E-state index is 13.2. The van der Waals surface area contributed by atoms with E-state index in [-0.39, 0.29) is 23.5 Å². The highest BCUT2D eigenvalue weighted by atomic mass is 19.2. The van der Waals surface area contributed by atoms with Gasteiger partial charge in [-0.3, -0.25) is 10.1 Å². The molecule has 0 bridgehead atoms. The Balaban J connectivity index is 2.41. The molecular weight excluding hydrogens is 298 g/mol. The number of anilines is 2. The Morgan fingerprint density at radius 3 is 2.59 bits per heavy atom. The van der Waals surface area contributed by atoms with Crippen LogP contribution in [-0.4, -0.2) is 21.0 Å². The van der Waals surface area contributed by atoms with Crippen LogP contribution in [0.5, 0.6) is 5.88 Å². The van der Waals surface area contributed by atoms with Crippen molar-refractivity contribution < 1.29 is 18.4 Å². The average Bonchev–Trinajstić information content (AvgIpc) is 2.42. The van der Waals surface area contributed by atoms with E-state index < -0.39 is 22.2 Å². The van der Waals surface area contributed by atoms with Gasteiger partial charge in [0.25, 0.3) is 5.88 Å². The van der Waals surface area contributed by atoms with E-state index >= 15 is 0 Å². The summed E-state index contributed by atoms with van der Waals surface area (Å²) in [5, 5.41) is 13.8. The van der Waals surface area contributed by atoms with Crippen LogP contribution in [0.3, 0.4) is 0 Å². The number of nitrogens with one attached hydrogen (secondary N) is 1. The third-order valence-electron chi connectivity index (χ3n) is 2.50. The lowest BCUT2D eigenvalue weighted by molar-refractivity contribution is -0.385. The standard InChI is InChI=1S/C13H12F2N4O3/c1-7(2)22-13-11(19(20)21)12(16-6-17-13)18-8-3-4-9(14)10(15)5-8/h3-7H,1-2H3,(H,16,17,18). The first-order valence-electron chi connectivity index (χ1n) is 6.26. The summed E-state index contributed by atoms with van der Waals surface area (Å²) in [6.45, 7) is 3.38. The average molecular weight is 310 g/mol. The molecule has 0 radical (unpaired) electrons. The first kappa shape index (κ1) is 15.5. The van der Waals surface area contributed by atoms with Crippen molar-refractivity contribution in [3.8, 4) is 5.88 Å². The Labute approximate surface area is 124 Å². The Bertz CT molecular complexity index is 710. The summed E-state index contributed by atoms with van der Waals surface area (Å²) in [4.78, 5) is 18.0. The molecule has 2 aromatic rings. The third-order valence-corrected chi connectivity index (χ3v) is 2.50. The zero-order valence-corrected chi connectivity index (χ0v) is 11.7. The zero-order valence-electron chi connectivity index (χ0n) is 11.7. The van der Waals surface area contributed by atoms with Crippen LogP contribution in [0, 0.1) is 21.7 Å². The highest BCUT2D eigenvalue weighted by Crippen LogP contribution is 2.33. The van der Waals surface area contributed by atoms with Crippen molar-refractivity contribution in [3.05, 3.63) is 46.3 Å². The Morgan fingerprint density at radius 1 is 1.27 bits per heavy atom. The molecule has 9 heteroatoms. The fourth-order valence-electron chi connectivity index (χ4n) is 1.64. The molecule has 0 amide bonds. The molecule has 22 heavy (non-hydrogen) atoms. The van der Waals surface area contributed by atoms with Crippen molar-refractivity contribution in [2.75, 3.05) is 5.32 Å². The molecule has 1 heterocycles. The molecule has 0 spiro atoms. The lowest BCUT2D eigenvalue weighted by Crippen LogP contribution is -2.11. The predicted molar refractivity (Wildman–Crippen MR) is 74.1 cm³/mol. The van der Waals surface area contributed by atoms with Gasteiger partial charge in [-0.1, -0.05) is 0 Å². The van der Waals surface area contributed by atoms with E-state index in [4.69, 9.17) is 4.74 Å². The second-order valence-corrected chi connectivity index (χ2v) is 4.55. The smallest absolute Gasteiger partial charge is 0.373 e. The number of aromatic nitrogens is 2. The number of benzene rings is 1. The largest absolute Gasteiger partial charge is 0.470 e. The maximum atomic E-state index is 13.2. The van der Waals surface area contributed by atoms with Gasteiger partial charge in [-0.15, -0.1) is 0 Å². The van der Waals surface area contributed by atoms with Crippen LogP contribution in [0.1, 0.15) is 13.8 Å². The van der Waals surface area contributed by atoms with Gasteiger partial charge in [-0.05, 0) is 26.0 Å². The minimum absolute atomic E-state index is 0.108. The quantitative estimate of drug-likeness (QED) is 0.673. The summed E-state index contributed by atoms with van der Waals surface area (Å²) in [6, 6.07) is 2.99. The van der Waals surface area contributed by atoms with Crippen LogP contribution >= 0.6 is 0 Å². The third kappa shape index (κ3) is 3.43. The Kier molecular flexibility index (Phi) is 4.44. The van der Waals surface area contributed by atoms with Crippen molar-refractivity contribution in [1.29, 1.82) is 0 Å².